The fourth-order valence-corrected chi connectivity index (χ4v) is 2.55. The number of unbranched alkanes of at least 4 members (excludes halogenated alkanes) is 3. The van der Waals surface area contributed by atoms with E-state index >= 15 is 0 Å². The van der Waals surface area contributed by atoms with E-state index < -0.39 is 0 Å². The lowest BCUT2D eigenvalue weighted by molar-refractivity contribution is 0.304. The summed E-state index contributed by atoms with van der Waals surface area (Å²) >= 11 is 5.83. The number of nitrogens with one attached hydrogen (secondary N) is 1. The van der Waals surface area contributed by atoms with Gasteiger partial charge in [0.1, 0.15) is 5.75 Å². The number of aryl methyl sites for hydroxylation is 2. The largest absolute Gasteiger partial charge is 0.494 e. The molecule has 21 heavy (non-hydrogen) atoms. The van der Waals surface area contributed by atoms with Gasteiger partial charge in [0, 0.05) is 10.7 Å². The Labute approximate surface area is 131 Å². The average molecular weight is 307 g/mol. The fraction of sp³-hybridized carbons (Fsp3) is 0.471. The standard InChI is InChI=1S/C17H23ClN2O/c1-13-17(14(2)20-19-13)7-5-3-4-6-12-21-16-10-8-15(18)9-11-16/h8-11H,3-7,12H2,1-2H3,(H,19,20). The predicted octanol–water partition coefficient (Wildman–Crippen LogP) is 4.86. The van der Waals surface area contributed by atoms with Crippen molar-refractivity contribution >= 4 is 11.6 Å². The van der Waals surface area contributed by atoms with Crippen LogP contribution in [0.25, 0.3) is 0 Å². The van der Waals surface area contributed by atoms with Gasteiger partial charge in [0.05, 0.1) is 12.3 Å². The molecule has 0 saturated carbocycles. The van der Waals surface area contributed by atoms with E-state index in [1.165, 1.54) is 30.5 Å². The molecule has 3 nitrogen and oxygen atoms in total. The first-order chi connectivity index (χ1) is 10.2. The second kappa shape index (κ2) is 8.08. The second-order valence-corrected chi connectivity index (χ2v) is 5.82. The third-order valence-corrected chi connectivity index (χ3v) is 3.94. The second-order valence-electron chi connectivity index (χ2n) is 5.38. The number of aromatic nitrogens is 2. The molecule has 0 aliphatic carbocycles. The van der Waals surface area contributed by atoms with Crippen LogP contribution < -0.4 is 4.74 Å². The van der Waals surface area contributed by atoms with Gasteiger partial charge in [-0.15, -0.1) is 0 Å². The van der Waals surface area contributed by atoms with Gasteiger partial charge in [0.2, 0.25) is 0 Å². The van der Waals surface area contributed by atoms with Crippen molar-refractivity contribution in [1.82, 2.24) is 10.2 Å². The summed E-state index contributed by atoms with van der Waals surface area (Å²) < 4.78 is 5.68. The molecule has 1 N–H and O–H groups in total. The van der Waals surface area contributed by atoms with Crippen LogP contribution in [0.3, 0.4) is 0 Å². The van der Waals surface area contributed by atoms with Gasteiger partial charge in [0.25, 0.3) is 0 Å². The average Bonchev–Trinajstić information content (AvgIpc) is 2.79. The predicted molar refractivity (Wildman–Crippen MR) is 87.2 cm³/mol. The minimum atomic E-state index is 0.743. The fourth-order valence-electron chi connectivity index (χ4n) is 2.42. The maximum atomic E-state index is 5.83. The molecule has 0 aliphatic rings. The minimum Gasteiger partial charge on any atom is -0.494 e. The Bertz CT molecular complexity index is 529. The topological polar surface area (TPSA) is 37.9 Å². The molecular formula is C17H23ClN2O. The quantitative estimate of drug-likeness (QED) is 0.707. The molecule has 0 bridgehead atoms. The van der Waals surface area contributed by atoms with Crippen molar-refractivity contribution in [1.29, 1.82) is 0 Å². The molecule has 114 valence electrons. The van der Waals surface area contributed by atoms with E-state index in [9.17, 15) is 0 Å². The molecule has 0 unspecified atom stereocenters. The lowest BCUT2D eigenvalue weighted by Gasteiger charge is -2.06. The Morgan fingerprint density at radius 3 is 2.43 bits per heavy atom. The van der Waals surface area contributed by atoms with E-state index in [-0.39, 0.29) is 0 Å². The molecule has 1 aromatic heterocycles. The van der Waals surface area contributed by atoms with E-state index in [4.69, 9.17) is 16.3 Å². The van der Waals surface area contributed by atoms with Gasteiger partial charge in [-0.1, -0.05) is 24.4 Å². The van der Waals surface area contributed by atoms with Crippen molar-refractivity contribution in [3.05, 3.63) is 46.2 Å². The molecule has 0 amide bonds. The third kappa shape index (κ3) is 5.09. The van der Waals surface area contributed by atoms with E-state index in [1.54, 1.807) is 0 Å². The number of halogens is 1. The van der Waals surface area contributed by atoms with Crippen LogP contribution in [0.5, 0.6) is 5.75 Å². The first-order valence-electron chi connectivity index (χ1n) is 7.55. The van der Waals surface area contributed by atoms with Crippen LogP contribution >= 0.6 is 11.6 Å². The van der Waals surface area contributed by atoms with Crippen LogP contribution in [-0.2, 0) is 6.42 Å². The molecule has 0 fully saturated rings. The number of rotatable bonds is 8. The summed E-state index contributed by atoms with van der Waals surface area (Å²) in [6.07, 6.45) is 5.85. The number of hydrogen-bond donors (Lipinski definition) is 1. The first kappa shape index (κ1) is 15.9. The molecule has 2 rings (SSSR count). The van der Waals surface area contributed by atoms with E-state index in [0.717, 1.165) is 35.9 Å². The third-order valence-electron chi connectivity index (χ3n) is 3.68. The molecule has 1 aromatic carbocycles. The Morgan fingerprint density at radius 1 is 1.05 bits per heavy atom. The Kier molecular flexibility index (Phi) is 6.12. The van der Waals surface area contributed by atoms with Gasteiger partial charge in [-0.05, 0) is 62.9 Å². The van der Waals surface area contributed by atoms with E-state index in [2.05, 4.69) is 24.0 Å². The van der Waals surface area contributed by atoms with Gasteiger partial charge in [0.15, 0.2) is 0 Å². The summed E-state index contributed by atoms with van der Waals surface area (Å²) in [5.74, 6) is 0.893. The first-order valence-corrected chi connectivity index (χ1v) is 7.93. The van der Waals surface area contributed by atoms with Crippen LogP contribution in [0, 0.1) is 13.8 Å². The van der Waals surface area contributed by atoms with Gasteiger partial charge >= 0.3 is 0 Å². The van der Waals surface area contributed by atoms with Gasteiger partial charge in [-0.3, -0.25) is 5.10 Å². The smallest absolute Gasteiger partial charge is 0.119 e. The lowest BCUT2D eigenvalue weighted by Crippen LogP contribution is -1.97. The van der Waals surface area contributed by atoms with Crippen molar-refractivity contribution < 1.29 is 4.74 Å². The van der Waals surface area contributed by atoms with Crippen molar-refractivity contribution in [2.75, 3.05) is 6.61 Å². The van der Waals surface area contributed by atoms with Crippen LogP contribution in [0.2, 0.25) is 5.02 Å². The zero-order chi connectivity index (χ0) is 15.1. The maximum Gasteiger partial charge on any atom is 0.119 e. The number of H-pyrrole nitrogens is 1. The van der Waals surface area contributed by atoms with E-state index in [1.807, 2.05) is 24.3 Å². The van der Waals surface area contributed by atoms with Gasteiger partial charge in [-0.25, -0.2) is 0 Å². The summed E-state index contributed by atoms with van der Waals surface area (Å²) in [7, 11) is 0. The minimum absolute atomic E-state index is 0.743. The lowest BCUT2D eigenvalue weighted by atomic mass is 10.0. The number of benzene rings is 1. The monoisotopic (exact) mass is 306 g/mol. The van der Waals surface area contributed by atoms with Crippen molar-refractivity contribution in [2.45, 2.75) is 46.0 Å². The summed E-state index contributed by atoms with van der Waals surface area (Å²) in [4.78, 5) is 0. The summed E-state index contributed by atoms with van der Waals surface area (Å²) in [5, 5.41) is 8.01. The van der Waals surface area contributed by atoms with Crippen molar-refractivity contribution in [3.8, 4) is 5.75 Å². The molecule has 0 saturated heterocycles. The van der Waals surface area contributed by atoms with Crippen LogP contribution in [0.4, 0.5) is 0 Å². The van der Waals surface area contributed by atoms with Crippen molar-refractivity contribution in [3.63, 3.8) is 0 Å². The summed E-state index contributed by atoms with van der Waals surface area (Å²) in [6, 6.07) is 7.53. The molecule has 0 atom stereocenters. The highest BCUT2D eigenvalue weighted by Crippen LogP contribution is 2.17. The van der Waals surface area contributed by atoms with Crippen LogP contribution in [0.15, 0.2) is 24.3 Å². The highest BCUT2D eigenvalue weighted by molar-refractivity contribution is 6.30. The highest BCUT2D eigenvalue weighted by Gasteiger charge is 2.05. The number of nitrogens with zero attached hydrogens (tertiary/aromatic N) is 1. The Balaban J connectivity index is 1.55. The molecule has 0 aliphatic heterocycles. The Morgan fingerprint density at radius 2 is 1.76 bits per heavy atom. The zero-order valence-electron chi connectivity index (χ0n) is 12.8. The molecule has 4 heteroatoms. The molecule has 1 heterocycles. The van der Waals surface area contributed by atoms with Gasteiger partial charge in [-0.2, -0.15) is 5.10 Å². The van der Waals surface area contributed by atoms with Crippen molar-refractivity contribution in [2.24, 2.45) is 0 Å². The number of hydrogen-bond acceptors (Lipinski definition) is 2. The molecular weight excluding hydrogens is 284 g/mol. The van der Waals surface area contributed by atoms with Gasteiger partial charge < -0.3 is 4.74 Å². The highest BCUT2D eigenvalue weighted by atomic mass is 35.5. The summed E-state index contributed by atoms with van der Waals surface area (Å²) in [6.45, 7) is 4.93. The number of ether oxygens (including phenoxy) is 1. The van der Waals surface area contributed by atoms with Crippen LogP contribution in [-0.4, -0.2) is 16.8 Å². The Hall–Kier alpha value is -1.48. The van der Waals surface area contributed by atoms with E-state index in [0.29, 0.717) is 0 Å². The molecule has 0 radical (unpaired) electrons. The number of aromatic amines is 1. The molecule has 0 spiro atoms. The molecule has 2 aromatic rings. The zero-order valence-corrected chi connectivity index (χ0v) is 13.5. The SMILES string of the molecule is Cc1n[nH]c(C)c1CCCCCCOc1ccc(Cl)cc1. The van der Waals surface area contributed by atoms with Crippen LogP contribution in [0.1, 0.15) is 42.6 Å². The maximum absolute atomic E-state index is 5.83. The normalized spacial score (nSPS) is 10.8. The summed E-state index contributed by atoms with van der Waals surface area (Å²) in [5.41, 5.74) is 3.73.